The summed E-state index contributed by atoms with van der Waals surface area (Å²) in [6, 6.07) is 4.67. The van der Waals surface area contributed by atoms with E-state index in [9.17, 15) is 14.7 Å². The van der Waals surface area contributed by atoms with E-state index in [-0.39, 0.29) is 23.5 Å². The molecule has 1 amide bonds. The molecule has 1 aromatic rings. The Morgan fingerprint density at radius 2 is 2.21 bits per heavy atom. The van der Waals surface area contributed by atoms with Crippen LogP contribution in [0.1, 0.15) is 16.8 Å². The molecule has 19 heavy (non-hydrogen) atoms. The first-order valence-corrected chi connectivity index (χ1v) is 6.68. The first-order chi connectivity index (χ1) is 9.02. The summed E-state index contributed by atoms with van der Waals surface area (Å²) in [6.45, 7) is 0.887. The van der Waals surface area contributed by atoms with Crippen LogP contribution in [-0.4, -0.2) is 42.1 Å². The molecule has 1 N–H and O–H groups in total. The van der Waals surface area contributed by atoms with Gasteiger partial charge in [0, 0.05) is 18.7 Å². The predicted octanol–water partition coefficient (Wildman–Crippen LogP) is 1.79. The minimum Gasteiger partial charge on any atom is -0.507 e. The summed E-state index contributed by atoms with van der Waals surface area (Å²) in [5.74, 6) is -0.698. The van der Waals surface area contributed by atoms with Crippen LogP contribution in [0.4, 0.5) is 0 Å². The van der Waals surface area contributed by atoms with E-state index in [0.717, 1.165) is 0 Å². The minimum atomic E-state index is -0.283. The molecule has 0 aliphatic carbocycles. The molecular weight excluding hydrogens is 314 g/mol. The molecule has 1 heterocycles. The standard InChI is InChI=1S/C13H14BrNO4/c1-19-13(18)9-4-5-15(7-9)12(17)8-2-3-10(14)11(16)6-8/h2-3,6,9,16H,4-5,7H2,1H3. The molecule has 0 bridgehead atoms. The Labute approximate surface area is 119 Å². The van der Waals surface area contributed by atoms with Gasteiger partial charge in [0.1, 0.15) is 5.75 Å². The molecular formula is C13H14BrNO4. The number of halogens is 1. The summed E-state index contributed by atoms with van der Waals surface area (Å²) in [6.07, 6.45) is 0.612. The van der Waals surface area contributed by atoms with Crippen molar-refractivity contribution in [3.05, 3.63) is 28.2 Å². The van der Waals surface area contributed by atoms with E-state index < -0.39 is 0 Å². The van der Waals surface area contributed by atoms with Crippen molar-refractivity contribution in [3.63, 3.8) is 0 Å². The zero-order chi connectivity index (χ0) is 14.0. The van der Waals surface area contributed by atoms with Crippen LogP contribution in [0, 0.1) is 5.92 Å². The van der Waals surface area contributed by atoms with E-state index in [0.29, 0.717) is 29.5 Å². The Hall–Kier alpha value is -1.56. The molecule has 1 saturated heterocycles. The molecule has 1 aromatic carbocycles. The highest BCUT2D eigenvalue weighted by Crippen LogP contribution is 2.26. The van der Waals surface area contributed by atoms with Crippen molar-refractivity contribution < 1.29 is 19.4 Å². The number of amides is 1. The number of ether oxygens (including phenoxy) is 1. The number of hydrogen-bond donors (Lipinski definition) is 1. The molecule has 5 nitrogen and oxygen atoms in total. The van der Waals surface area contributed by atoms with Gasteiger partial charge in [0.2, 0.25) is 0 Å². The number of hydrogen-bond acceptors (Lipinski definition) is 4. The molecule has 1 atom stereocenters. The second-order valence-electron chi connectivity index (χ2n) is 4.43. The van der Waals surface area contributed by atoms with Crippen LogP contribution < -0.4 is 0 Å². The normalized spacial score (nSPS) is 18.4. The van der Waals surface area contributed by atoms with Gasteiger partial charge >= 0.3 is 5.97 Å². The molecule has 1 aliphatic rings. The Balaban J connectivity index is 2.09. The third kappa shape index (κ3) is 2.89. The Morgan fingerprint density at radius 1 is 1.47 bits per heavy atom. The van der Waals surface area contributed by atoms with Crippen molar-refractivity contribution >= 4 is 27.8 Å². The molecule has 1 aliphatic heterocycles. The van der Waals surface area contributed by atoms with Crippen molar-refractivity contribution in [2.24, 2.45) is 5.92 Å². The number of aromatic hydroxyl groups is 1. The van der Waals surface area contributed by atoms with Crippen LogP contribution in [0.15, 0.2) is 22.7 Å². The quantitative estimate of drug-likeness (QED) is 0.841. The van der Waals surface area contributed by atoms with E-state index in [1.54, 1.807) is 17.0 Å². The van der Waals surface area contributed by atoms with Gasteiger partial charge in [0.15, 0.2) is 0 Å². The summed E-state index contributed by atoms with van der Waals surface area (Å²) in [7, 11) is 1.35. The van der Waals surface area contributed by atoms with Gasteiger partial charge in [0.05, 0.1) is 17.5 Å². The summed E-state index contributed by atoms with van der Waals surface area (Å²) in [4.78, 5) is 25.2. The maximum atomic E-state index is 12.2. The molecule has 0 radical (unpaired) electrons. The van der Waals surface area contributed by atoms with Crippen molar-refractivity contribution in [1.29, 1.82) is 0 Å². The van der Waals surface area contributed by atoms with Crippen LogP contribution in [0.5, 0.6) is 5.75 Å². The lowest BCUT2D eigenvalue weighted by Crippen LogP contribution is -2.30. The Morgan fingerprint density at radius 3 is 2.84 bits per heavy atom. The number of phenols is 1. The molecule has 0 aromatic heterocycles. The van der Waals surface area contributed by atoms with Crippen LogP contribution in [0.25, 0.3) is 0 Å². The Bertz CT molecular complexity index is 517. The monoisotopic (exact) mass is 327 g/mol. The van der Waals surface area contributed by atoms with Crippen LogP contribution in [-0.2, 0) is 9.53 Å². The number of likely N-dealkylation sites (tertiary alicyclic amines) is 1. The highest BCUT2D eigenvalue weighted by molar-refractivity contribution is 9.10. The average molecular weight is 328 g/mol. The van der Waals surface area contributed by atoms with E-state index in [1.165, 1.54) is 13.2 Å². The van der Waals surface area contributed by atoms with Gasteiger partial charge in [-0.15, -0.1) is 0 Å². The van der Waals surface area contributed by atoms with Crippen molar-refractivity contribution in [1.82, 2.24) is 4.90 Å². The van der Waals surface area contributed by atoms with Gasteiger partial charge in [-0.05, 0) is 40.5 Å². The summed E-state index contributed by atoms with van der Waals surface area (Å²) in [5.41, 5.74) is 0.409. The Kier molecular flexibility index (Phi) is 4.09. The van der Waals surface area contributed by atoms with E-state index in [2.05, 4.69) is 20.7 Å². The lowest BCUT2D eigenvalue weighted by atomic mass is 10.1. The van der Waals surface area contributed by atoms with Gasteiger partial charge in [0.25, 0.3) is 5.91 Å². The molecule has 1 fully saturated rings. The zero-order valence-electron chi connectivity index (χ0n) is 10.4. The lowest BCUT2D eigenvalue weighted by molar-refractivity contribution is -0.144. The van der Waals surface area contributed by atoms with Crippen LogP contribution in [0.3, 0.4) is 0 Å². The number of rotatable bonds is 2. The smallest absolute Gasteiger partial charge is 0.310 e. The van der Waals surface area contributed by atoms with Gasteiger partial charge < -0.3 is 14.7 Å². The SMILES string of the molecule is COC(=O)C1CCN(C(=O)c2ccc(Br)c(O)c2)C1. The molecule has 1 unspecified atom stereocenters. The van der Waals surface area contributed by atoms with Crippen molar-refractivity contribution in [2.45, 2.75) is 6.42 Å². The molecule has 0 spiro atoms. The summed E-state index contributed by atoms with van der Waals surface area (Å²) < 4.78 is 5.22. The fraction of sp³-hybridized carbons (Fsp3) is 0.385. The third-order valence-corrected chi connectivity index (χ3v) is 3.87. The highest BCUT2D eigenvalue weighted by Gasteiger charge is 2.32. The van der Waals surface area contributed by atoms with Crippen LogP contribution in [0.2, 0.25) is 0 Å². The van der Waals surface area contributed by atoms with Crippen molar-refractivity contribution in [2.75, 3.05) is 20.2 Å². The zero-order valence-corrected chi connectivity index (χ0v) is 12.0. The van der Waals surface area contributed by atoms with Crippen molar-refractivity contribution in [3.8, 4) is 5.75 Å². The fourth-order valence-electron chi connectivity index (χ4n) is 2.13. The van der Waals surface area contributed by atoms with Gasteiger partial charge in [-0.25, -0.2) is 0 Å². The van der Waals surface area contributed by atoms with Gasteiger partial charge in [-0.3, -0.25) is 9.59 Å². The first kappa shape index (κ1) is 13.9. The molecule has 0 saturated carbocycles. The second-order valence-corrected chi connectivity index (χ2v) is 5.28. The van der Waals surface area contributed by atoms with E-state index in [1.807, 2.05) is 0 Å². The summed E-state index contributed by atoms with van der Waals surface area (Å²) >= 11 is 3.16. The minimum absolute atomic E-state index is 0.0227. The fourth-order valence-corrected chi connectivity index (χ4v) is 2.38. The third-order valence-electron chi connectivity index (χ3n) is 3.20. The molecule has 2 rings (SSSR count). The number of methoxy groups -OCH3 is 1. The van der Waals surface area contributed by atoms with Gasteiger partial charge in [-0.1, -0.05) is 0 Å². The summed E-state index contributed by atoms with van der Waals surface area (Å²) in [5, 5.41) is 9.58. The first-order valence-electron chi connectivity index (χ1n) is 5.88. The van der Waals surface area contributed by atoms with Gasteiger partial charge in [-0.2, -0.15) is 0 Å². The van der Waals surface area contributed by atoms with E-state index >= 15 is 0 Å². The molecule has 102 valence electrons. The lowest BCUT2D eigenvalue weighted by Gasteiger charge is -2.16. The highest BCUT2D eigenvalue weighted by atomic mass is 79.9. The number of carbonyl (C=O) groups is 2. The molecule has 6 heteroatoms. The maximum absolute atomic E-state index is 12.2. The number of benzene rings is 1. The number of phenolic OH excluding ortho intramolecular Hbond substituents is 1. The predicted molar refractivity (Wildman–Crippen MR) is 71.8 cm³/mol. The average Bonchev–Trinajstić information content (AvgIpc) is 2.89. The number of nitrogens with zero attached hydrogens (tertiary/aromatic N) is 1. The largest absolute Gasteiger partial charge is 0.507 e. The van der Waals surface area contributed by atoms with E-state index in [4.69, 9.17) is 0 Å². The maximum Gasteiger partial charge on any atom is 0.310 e. The topological polar surface area (TPSA) is 66.8 Å². The second kappa shape index (κ2) is 5.61. The van der Waals surface area contributed by atoms with Crippen LogP contribution >= 0.6 is 15.9 Å². The number of esters is 1. The number of carbonyl (C=O) groups excluding carboxylic acids is 2.